The molecule has 0 saturated carbocycles. The number of carbonyl (C=O) groups excluding carboxylic acids is 1. The molecule has 1 fully saturated rings. The molecule has 2 aromatic rings. The molecule has 0 spiro atoms. The molecule has 0 aromatic carbocycles. The zero-order chi connectivity index (χ0) is 15.4. The molecule has 0 bridgehead atoms. The molecule has 1 aliphatic heterocycles. The van der Waals surface area contributed by atoms with Crippen LogP contribution in [0.5, 0.6) is 0 Å². The summed E-state index contributed by atoms with van der Waals surface area (Å²) in [5, 5.41) is 3.07. The van der Waals surface area contributed by atoms with Crippen LogP contribution in [0, 0.1) is 0 Å². The average Bonchev–Trinajstić information content (AvgIpc) is 2.62. The van der Waals surface area contributed by atoms with E-state index in [-0.39, 0.29) is 5.91 Å². The van der Waals surface area contributed by atoms with Crippen LogP contribution in [-0.2, 0) is 0 Å². The van der Waals surface area contributed by atoms with Crippen LogP contribution in [0.25, 0.3) is 0 Å². The minimum absolute atomic E-state index is 0.0926. The Morgan fingerprint density at radius 3 is 2.86 bits per heavy atom. The first-order chi connectivity index (χ1) is 10.8. The first kappa shape index (κ1) is 14.5. The van der Waals surface area contributed by atoms with Crippen molar-refractivity contribution in [3.8, 4) is 0 Å². The maximum atomic E-state index is 12.6. The summed E-state index contributed by atoms with van der Waals surface area (Å²) in [6, 6.07) is 7.67. The average molecular weight is 296 g/mol. The second kappa shape index (κ2) is 6.56. The minimum atomic E-state index is 0.0926. The van der Waals surface area contributed by atoms with E-state index < -0.39 is 0 Å². The molecule has 1 N–H and O–H groups in total. The third-order valence-corrected chi connectivity index (χ3v) is 4.15. The predicted molar refractivity (Wildman–Crippen MR) is 85.9 cm³/mol. The molecule has 22 heavy (non-hydrogen) atoms. The summed E-state index contributed by atoms with van der Waals surface area (Å²) in [6.07, 6.45) is 7.28. The number of piperidine rings is 1. The molecule has 0 radical (unpaired) electrons. The molecule has 0 aliphatic carbocycles. The fraction of sp³-hybridized carbons (Fsp3) is 0.353. The van der Waals surface area contributed by atoms with Gasteiger partial charge in [-0.15, -0.1) is 0 Å². The molecule has 1 amide bonds. The number of nitrogens with zero attached hydrogens (tertiary/aromatic N) is 3. The summed E-state index contributed by atoms with van der Waals surface area (Å²) >= 11 is 0. The van der Waals surface area contributed by atoms with Gasteiger partial charge in [-0.25, -0.2) is 4.98 Å². The van der Waals surface area contributed by atoms with Crippen molar-refractivity contribution >= 4 is 11.7 Å². The monoisotopic (exact) mass is 296 g/mol. The van der Waals surface area contributed by atoms with Gasteiger partial charge in [-0.1, -0.05) is 0 Å². The maximum Gasteiger partial charge on any atom is 0.253 e. The number of pyridine rings is 2. The van der Waals surface area contributed by atoms with E-state index in [1.807, 2.05) is 24.2 Å². The van der Waals surface area contributed by atoms with Crippen molar-refractivity contribution in [2.45, 2.75) is 18.8 Å². The Morgan fingerprint density at radius 1 is 1.27 bits per heavy atom. The van der Waals surface area contributed by atoms with E-state index in [9.17, 15) is 4.79 Å². The SMILES string of the molecule is CNc1cc(C2CCCN(C(=O)c3ccncc3)C2)ccn1. The van der Waals surface area contributed by atoms with E-state index in [4.69, 9.17) is 0 Å². The minimum Gasteiger partial charge on any atom is -0.373 e. The van der Waals surface area contributed by atoms with E-state index >= 15 is 0 Å². The first-order valence-electron chi connectivity index (χ1n) is 7.61. The first-order valence-corrected chi connectivity index (χ1v) is 7.61. The van der Waals surface area contributed by atoms with Gasteiger partial charge in [0.25, 0.3) is 5.91 Å². The highest BCUT2D eigenvalue weighted by Gasteiger charge is 2.25. The smallest absolute Gasteiger partial charge is 0.253 e. The third-order valence-electron chi connectivity index (χ3n) is 4.15. The van der Waals surface area contributed by atoms with Gasteiger partial charge >= 0.3 is 0 Å². The summed E-state index contributed by atoms with van der Waals surface area (Å²) in [4.78, 5) is 22.7. The van der Waals surface area contributed by atoms with Gasteiger partial charge in [0.1, 0.15) is 5.82 Å². The number of hydrogen-bond donors (Lipinski definition) is 1. The fourth-order valence-corrected chi connectivity index (χ4v) is 2.95. The number of carbonyl (C=O) groups is 1. The number of anilines is 1. The van der Waals surface area contributed by atoms with Gasteiger partial charge in [0.15, 0.2) is 0 Å². The number of likely N-dealkylation sites (tertiary alicyclic amines) is 1. The Labute approximate surface area is 130 Å². The van der Waals surface area contributed by atoms with E-state index in [2.05, 4.69) is 21.4 Å². The second-order valence-electron chi connectivity index (χ2n) is 5.55. The molecule has 1 aliphatic rings. The Hall–Kier alpha value is -2.43. The quantitative estimate of drug-likeness (QED) is 0.945. The zero-order valence-corrected chi connectivity index (χ0v) is 12.7. The van der Waals surface area contributed by atoms with Gasteiger partial charge in [-0.2, -0.15) is 0 Å². The standard InChI is InChI=1S/C17H20N4O/c1-18-16-11-14(6-9-20-16)15-3-2-10-21(12-15)17(22)13-4-7-19-8-5-13/h4-9,11,15H,2-3,10,12H2,1H3,(H,18,20). The summed E-state index contributed by atoms with van der Waals surface area (Å²) < 4.78 is 0. The van der Waals surface area contributed by atoms with Gasteiger partial charge < -0.3 is 10.2 Å². The van der Waals surface area contributed by atoms with Gasteiger partial charge in [0.2, 0.25) is 0 Å². The van der Waals surface area contributed by atoms with Crippen LogP contribution in [0.4, 0.5) is 5.82 Å². The van der Waals surface area contributed by atoms with Crippen LogP contribution in [0.1, 0.15) is 34.7 Å². The van der Waals surface area contributed by atoms with Crippen molar-refractivity contribution < 1.29 is 4.79 Å². The zero-order valence-electron chi connectivity index (χ0n) is 12.7. The Balaban J connectivity index is 1.75. The Bertz CT molecular complexity index is 644. The molecule has 3 heterocycles. The van der Waals surface area contributed by atoms with Crippen molar-refractivity contribution in [1.82, 2.24) is 14.9 Å². The molecular weight excluding hydrogens is 276 g/mol. The Morgan fingerprint density at radius 2 is 2.09 bits per heavy atom. The molecule has 1 unspecified atom stereocenters. The molecule has 1 saturated heterocycles. The second-order valence-corrected chi connectivity index (χ2v) is 5.55. The van der Waals surface area contributed by atoms with Crippen molar-refractivity contribution in [2.75, 3.05) is 25.5 Å². The van der Waals surface area contributed by atoms with Crippen molar-refractivity contribution in [2.24, 2.45) is 0 Å². The fourth-order valence-electron chi connectivity index (χ4n) is 2.95. The predicted octanol–water partition coefficient (Wildman–Crippen LogP) is 2.54. The summed E-state index contributed by atoms with van der Waals surface area (Å²) in [5.41, 5.74) is 1.95. The third kappa shape index (κ3) is 3.08. The highest BCUT2D eigenvalue weighted by atomic mass is 16.2. The van der Waals surface area contributed by atoms with Crippen molar-refractivity contribution in [1.29, 1.82) is 0 Å². The largest absolute Gasteiger partial charge is 0.373 e. The highest BCUT2D eigenvalue weighted by molar-refractivity contribution is 5.94. The number of nitrogens with one attached hydrogen (secondary N) is 1. The number of rotatable bonds is 3. The van der Waals surface area contributed by atoms with Crippen LogP contribution in [0.2, 0.25) is 0 Å². The molecule has 5 heteroatoms. The lowest BCUT2D eigenvalue weighted by Gasteiger charge is -2.33. The molecule has 3 rings (SSSR count). The topological polar surface area (TPSA) is 58.1 Å². The van der Waals surface area contributed by atoms with Gasteiger partial charge in [-0.05, 0) is 42.7 Å². The van der Waals surface area contributed by atoms with Gasteiger partial charge in [0.05, 0.1) is 0 Å². The number of hydrogen-bond acceptors (Lipinski definition) is 4. The summed E-state index contributed by atoms with van der Waals surface area (Å²) in [6.45, 7) is 1.58. The van der Waals surface area contributed by atoms with Crippen molar-refractivity contribution in [3.63, 3.8) is 0 Å². The maximum absolute atomic E-state index is 12.6. The van der Waals surface area contributed by atoms with Crippen LogP contribution < -0.4 is 5.32 Å². The van der Waals surface area contributed by atoms with E-state index in [0.29, 0.717) is 11.5 Å². The van der Waals surface area contributed by atoms with Gasteiger partial charge in [0, 0.05) is 50.2 Å². The molecular formula is C17H20N4O. The summed E-state index contributed by atoms with van der Waals surface area (Å²) in [5.74, 6) is 1.33. The van der Waals surface area contributed by atoms with Crippen LogP contribution in [0.15, 0.2) is 42.9 Å². The molecule has 1 atom stereocenters. The van der Waals surface area contributed by atoms with Crippen LogP contribution in [-0.4, -0.2) is 40.9 Å². The number of amides is 1. The molecule has 114 valence electrons. The molecule has 2 aromatic heterocycles. The highest BCUT2D eigenvalue weighted by Crippen LogP contribution is 2.28. The van der Waals surface area contributed by atoms with Crippen molar-refractivity contribution in [3.05, 3.63) is 54.0 Å². The van der Waals surface area contributed by atoms with Crippen LogP contribution >= 0.6 is 0 Å². The summed E-state index contributed by atoms with van der Waals surface area (Å²) in [7, 11) is 1.87. The Kier molecular flexibility index (Phi) is 4.32. The number of aromatic nitrogens is 2. The van der Waals surface area contributed by atoms with E-state index in [0.717, 1.165) is 31.7 Å². The lowest BCUT2D eigenvalue weighted by atomic mass is 9.91. The van der Waals surface area contributed by atoms with Crippen LogP contribution in [0.3, 0.4) is 0 Å². The lowest BCUT2D eigenvalue weighted by Crippen LogP contribution is -2.39. The van der Waals surface area contributed by atoms with E-state index in [1.165, 1.54) is 5.56 Å². The van der Waals surface area contributed by atoms with Gasteiger partial charge in [-0.3, -0.25) is 9.78 Å². The molecule has 5 nitrogen and oxygen atoms in total. The lowest BCUT2D eigenvalue weighted by molar-refractivity contribution is 0.0707. The van der Waals surface area contributed by atoms with E-state index in [1.54, 1.807) is 24.5 Å². The normalized spacial score (nSPS) is 18.0.